The van der Waals surface area contributed by atoms with Crippen molar-refractivity contribution in [2.75, 3.05) is 31.6 Å². The molecule has 7 nitrogen and oxygen atoms in total. The summed E-state index contributed by atoms with van der Waals surface area (Å²) in [4.78, 5) is 41.7. The zero-order valence-electron chi connectivity index (χ0n) is 17.0. The minimum absolute atomic E-state index is 0.0207. The zero-order chi connectivity index (χ0) is 20.8. The third kappa shape index (κ3) is 3.18. The highest BCUT2D eigenvalue weighted by molar-refractivity contribution is 6.00. The Morgan fingerprint density at radius 3 is 2.57 bits per heavy atom. The normalized spacial score (nSPS) is 25.2. The number of methoxy groups -OCH3 is 1. The van der Waals surface area contributed by atoms with Crippen LogP contribution in [0, 0.1) is 11.8 Å². The number of benzene rings is 1. The topological polar surface area (TPSA) is 71.8 Å². The van der Waals surface area contributed by atoms with E-state index in [0.29, 0.717) is 26.2 Å². The van der Waals surface area contributed by atoms with Gasteiger partial charge in [0.2, 0.25) is 11.8 Å². The van der Waals surface area contributed by atoms with Crippen LogP contribution >= 0.6 is 0 Å². The van der Waals surface area contributed by atoms with Crippen LogP contribution in [0.2, 0.25) is 0 Å². The summed E-state index contributed by atoms with van der Waals surface area (Å²) >= 11 is 0. The number of ether oxygens (including phenoxy) is 1. The Kier molecular flexibility index (Phi) is 4.60. The number of aromatic nitrogens is 1. The molecule has 2 saturated heterocycles. The van der Waals surface area contributed by atoms with E-state index in [2.05, 4.69) is 0 Å². The summed E-state index contributed by atoms with van der Waals surface area (Å²) in [6.45, 7) is 2.35. The molecule has 1 aromatic heterocycles. The molecule has 7 heteroatoms. The lowest BCUT2D eigenvalue weighted by atomic mass is 9.82. The number of pyridine rings is 1. The predicted octanol–water partition coefficient (Wildman–Crippen LogP) is 1.86. The highest BCUT2D eigenvalue weighted by Crippen LogP contribution is 2.36. The molecule has 2 amide bonds. The maximum absolute atomic E-state index is 13.3. The largest absolute Gasteiger partial charge is 0.497 e. The van der Waals surface area contributed by atoms with Crippen LogP contribution in [0.3, 0.4) is 0 Å². The minimum Gasteiger partial charge on any atom is -0.497 e. The second-order valence-corrected chi connectivity index (χ2v) is 8.54. The molecule has 0 spiro atoms. The lowest BCUT2D eigenvalue weighted by Gasteiger charge is -2.43. The molecular weight excluding hydrogens is 382 g/mol. The summed E-state index contributed by atoms with van der Waals surface area (Å²) in [6, 6.07) is 12.8. The highest BCUT2D eigenvalue weighted by Gasteiger charge is 2.41. The molecule has 3 aliphatic heterocycles. The van der Waals surface area contributed by atoms with Crippen LogP contribution in [0.15, 0.2) is 47.3 Å². The summed E-state index contributed by atoms with van der Waals surface area (Å²) in [7, 11) is 1.60. The summed E-state index contributed by atoms with van der Waals surface area (Å²) in [6.07, 6.45) is 1.25. The van der Waals surface area contributed by atoms with Crippen molar-refractivity contribution in [3.05, 3.63) is 58.5 Å². The molecular formula is C23H25N3O4. The molecule has 0 N–H and O–H groups in total. The Hall–Kier alpha value is -3.09. The molecule has 1 aromatic carbocycles. The summed E-state index contributed by atoms with van der Waals surface area (Å²) in [5.41, 5.74) is 1.86. The highest BCUT2D eigenvalue weighted by atomic mass is 16.5. The van der Waals surface area contributed by atoms with Gasteiger partial charge in [0, 0.05) is 56.0 Å². The Balaban J connectivity index is 1.31. The number of carbonyl (C=O) groups is 2. The van der Waals surface area contributed by atoms with Crippen LogP contribution in [0.25, 0.3) is 0 Å². The molecule has 30 heavy (non-hydrogen) atoms. The maximum atomic E-state index is 13.3. The fourth-order valence-corrected chi connectivity index (χ4v) is 5.22. The lowest BCUT2D eigenvalue weighted by molar-refractivity contribution is -0.138. The number of hydrogen-bond acceptors (Lipinski definition) is 4. The van der Waals surface area contributed by atoms with Crippen LogP contribution in [0.4, 0.5) is 5.69 Å². The van der Waals surface area contributed by atoms with Crippen LogP contribution in [0.1, 0.15) is 24.5 Å². The molecule has 2 fully saturated rings. The van der Waals surface area contributed by atoms with E-state index in [4.69, 9.17) is 4.74 Å². The number of piperidine rings is 1. The van der Waals surface area contributed by atoms with Crippen molar-refractivity contribution in [2.45, 2.75) is 25.3 Å². The molecule has 5 rings (SSSR count). The first-order valence-corrected chi connectivity index (χ1v) is 10.5. The van der Waals surface area contributed by atoms with Gasteiger partial charge in [0.25, 0.3) is 5.56 Å². The molecule has 3 atom stereocenters. The van der Waals surface area contributed by atoms with Gasteiger partial charge in [-0.15, -0.1) is 0 Å². The Bertz CT molecular complexity index is 1050. The van der Waals surface area contributed by atoms with Crippen molar-refractivity contribution in [3.63, 3.8) is 0 Å². The maximum Gasteiger partial charge on any atom is 0.250 e. The van der Waals surface area contributed by atoms with Gasteiger partial charge in [0.05, 0.1) is 13.0 Å². The zero-order valence-corrected chi connectivity index (χ0v) is 17.0. The van der Waals surface area contributed by atoms with Gasteiger partial charge in [-0.05, 0) is 42.7 Å². The van der Waals surface area contributed by atoms with Crippen molar-refractivity contribution in [1.82, 2.24) is 9.47 Å². The molecule has 156 valence electrons. The fraction of sp³-hybridized carbons (Fsp3) is 0.435. The Morgan fingerprint density at radius 1 is 1.00 bits per heavy atom. The van der Waals surface area contributed by atoms with Crippen LogP contribution < -0.4 is 15.2 Å². The number of anilines is 1. The van der Waals surface area contributed by atoms with Crippen molar-refractivity contribution in [1.29, 1.82) is 0 Å². The van der Waals surface area contributed by atoms with Crippen molar-refractivity contribution in [2.24, 2.45) is 11.8 Å². The SMILES string of the molecule is COc1ccc(N2C[C@H](C(=O)N3C[C@H]4C[C@@H](C3)c3cccc(=O)n3C4)CC2=O)cc1. The third-order valence-electron chi connectivity index (χ3n) is 6.65. The van der Waals surface area contributed by atoms with E-state index in [1.54, 1.807) is 24.1 Å². The average molecular weight is 407 g/mol. The van der Waals surface area contributed by atoms with Gasteiger partial charge in [-0.1, -0.05) is 6.07 Å². The number of nitrogens with zero attached hydrogens (tertiary/aromatic N) is 3. The molecule has 0 radical (unpaired) electrons. The van der Waals surface area contributed by atoms with Gasteiger partial charge in [0.1, 0.15) is 5.75 Å². The number of hydrogen-bond donors (Lipinski definition) is 0. The van der Waals surface area contributed by atoms with Crippen LogP contribution in [-0.4, -0.2) is 48.0 Å². The summed E-state index contributed by atoms with van der Waals surface area (Å²) in [5, 5.41) is 0. The Morgan fingerprint density at radius 2 is 1.80 bits per heavy atom. The van der Waals surface area contributed by atoms with Gasteiger partial charge in [-0.3, -0.25) is 14.4 Å². The number of likely N-dealkylation sites (tertiary alicyclic amines) is 1. The van der Waals surface area contributed by atoms with Gasteiger partial charge >= 0.3 is 0 Å². The number of carbonyl (C=O) groups excluding carboxylic acids is 2. The van der Waals surface area contributed by atoms with E-state index in [-0.39, 0.29) is 41.5 Å². The standard InChI is InChI=1S/C23H25N3O4/c1-30-19-7-5-18(6-8-19)25-14-17(10-22(25)28)23(29)24-11-15-9-16(13-24)20-3-2-4-21(27)26(20)12-15/h2-8,15-17H,9-14H2,1H3/t15-,16+,17-/m1/s1. The van der Waals surface area contributed by atoms with Crippen LogP contribution in [-0.2, 0) is 16.1 Å². The van der Waals surface area contributed by atoms with E-state index < -0.39 is 0 Å². The second kappa shape index (κ2) is 7.31. The average Bonchev–Trinajstić information content (AvgIpc) is 3.15. The fourth-order valence-electron chi connectivity index (χ4n) is 5.22. The van der Waals surface area contributed by atoms with Crippen molar-refractivity contribution in [3.8, 4) is 5.75 Å². The minimum atomic E-state index is -0.323. The van der Waals surface area contributed by atoms with Gasteiger partial charge in [0.15, 0.2) is 0 Å². The van der Waals surface area contributed by atoms with Gasteiger partial charge in [-0.2, -0.15) is 0 Å². The monoisotopic (exact) mass is 407 g/mol. The number of rotatable bonds is 3. The third-order valence-corrected chi connectivity index (χ3v) is 6.65. The quantitative estimate of drug-likeness (QED) is 0.779. The first-order chi connectivity index (χ1) is 14.5. The summed E-state index contributed by atoms with van der Waals surface area (Å²) in [5.74, 6) is 0.919. The Labute approximate surface area is 174 Å². The van der Waals surface area contributed by atoms with Gasteiger partial charge < -0.3 is 19.1 Å². The molecule has 0 saturated carbocycles. The van der Waals surface area contributed by atoms with Crippen molar-refractivity contribution < 1.29 is 14.3 Å². The molecule has 0 aliphatic carbocycles. The predicted molar refractivity (Wildman–Crippen MR) is 112 cm³/mol. The first-order valence-electron chi connectivity index (χ1n) is 10.5. The second-order valence-electron chi connectivity index (χ2n) is 8.54. The molecule has 2 aromatic rings. The number of fused-ring (bicyclic) bond motifs is 4. The van der Waals surface area contributed by atoms with Crippen molar-refractivity contribution >= 4 is 17.5 Å². The van der Waals surface area contributed by atoms with E-state index >= 15 is 0 Å². The molecule has 2 bridgehead atoms. The molecule has 3 aliphatic rings. The first kappa shape index (κ1) is 18.9. The van der Waals surface area contributed by atoms with E-state index in [1.165, 1.54) is 0 Å². The van der Waals surface area contributed by atoms with E-state index in [1.807, 2.05) is 39.8 Å². The lowest BCUT2D eigenvalue weighted by Crippen LogP contribution is -2.50. The smallest absolute Gasteiger partial charge is 0.250 e. The molecule has 4 heterocycles. The molecule has 0 unspecified atom stereocenters. The van der Waals surface area contributed by atoms with Crippen LogP contribution in [0.5, 0.6) is 5.75 Å². The van der Waals surface area contributed by atoms with Gasteiger partial charge in [-0.25, -0.2) is 0 Å². The van der Waals surface area contributed by atoms with E-state index in [0.717, 1.165) is 23.6 Å². The van der Waals surface area contributed by atoms with E-state index in [9.17, 15) is 14.4 Å². The summed E-state index contributed by atoms with van der Waals surface area (Å²) < 4.78 is 7.05. The number of amides is 2.